The molecular weight excluding hydrogens is 404 g/mol. The number of ether oxygens (including phenoxy) is 1. The maximum Gasteiger partial charge on any atom is 0.254 e. The van der Waals surface area contributed by atoms with Crippen molar-refractivity contribution in [3.8, 4) is 6.07 Å². The summed E-state index contributed by atoms with van der Waals surface area (Å²) >= 11 is 0. The first-order chi connectivity index (χ1) is 14.5. The Morgan fingerprint density at radius 3 is 2.73 bits per heavy atom. The summed E-state index contributed by atoms with van der Waals surface area (Å²) in [6, 6.07) is 11.4. The van der Waals surface area contributed by atoms with Gasteiger partial charge in [-0.25, -0.2) is 13.1 Å². The van der Waals surface area contributed by atoms with Crippen molar-refractivity contribution in [3.63, 3.8) is 0 Å². The first-order valence-corrected chi connectivity index (χ1v) is 11.2. The molecule has 0 radical (unpaired) electrons. The van der Waals surface area contributed by atoms with Gasteiger partial charge in [-0.3, -0.25) is 9.78 Å². The Labute approximate surface area is 176 Å². The van der Waals surface area contributed by atoms with Crippen LogP contribution in [0.5, 0.6) is 0 Å². The fraction of sp³-hybridized carbons (Fsp3) is 0.381. The minimum Gasteiger partial charge on any atom is -0.376 e. The number of rotatable bonds is 9. The van der Waals surface area contributed by atoms with Crippen molar-refractivity contribution in [2.75, 3.05) is 19.7 Å². The normalized spacial score (nSPS) is 16.2. The number of nitrogens with one attached hydrogen (secondary N) is 1. The first kappa shape index (κ1) is 21.9. The predicted molar refractivity (Wildman–Crippen MR) is 110 cm³/mol. The fourth-order valence-electron chi connectivity index (χ4n) is 3.25. The summed E-state index contributed by atoms with van der Waals surface area (Å²) in [7, 11) is -3.72. The molecule has 9 heteroatoms. The average molecular weight is 429 g/mol. The number of aromatic nitrogens is 1. The lowest BCUT2D eigenvalue weighted by Crippen LogP contribution is -2.37. The van der Waals surface area contributed by atoms with Gasteiger partial charge in [-0.1, -0.05) is 6.07 Å². The van der Waals surface area contributed by atoms with Crippen LogP contribution >= 0.6 is 0 Å². The maximum absolute atomic E-state index is 13.2. The summed E-state index contributed by atoms with van der Waals surface area (Å²) in [5.41, 5.74) is 1.30. The van der Waals surface area contributed by atoms with Crippen LogP contribution in [-0.2, 0) is 21.3 Å². The number of carbonyl (C=O) groups is 1. The number of benzene rings is 1. The van der Waals surface area contributed by atoms with Crippen molar-refractivity contribution < 1.29 is 17.9 Å². The Balaban J connectivity index is 1.75. The second kappa shape index (κ2) is 10.3. The Kier molecular flexibility index (Phi) is 7.52. The molecule has 158 valence electrons. The molecule has 30 heavy (non-hydrogen) atoms. The molecule has 1 amide bonds. The molecule has 1 aromatic heterocycles. The summed E-state index contributed by atoms with van der Waals surface area (Å²) < 4.78 is 32.6. The molecule has 0 spiro atoms. The first-order valence-electron chi connectivity index (χ1n) is 9.76. The summed E-state index contributed by atoms with van der Waals surface area (Å²) in [4.78, 5) is 19.0. The van der Waals surface area contributed by atoms with E-state index in [2.05, 4.69) is 9.71 Å². The van der Waals surface area contributed by atoms with E-state index in [1.165, 1.54) is 24.3 Å². The third-order valence-electron chi connectivity index (χ3n) is 4.77. The van der Waals surface area contributed by atoms with Gasteiger partial charge in [0.1, 0.15) is 0 Å². The molecule has 2 aromatic rings. The Bertz CT molecular complexity index is 982. The molecule has 8 nitrogen and oxygen atoms in total. The van der Waals surface area contributed by atoms with Crippen LogP contribution in [0.25, 0.3) is 0 Å². The van der Waals surface area contributed by atoms with Crippen molar-refractivity contribution in [1.82, 2.24) is 14.6 Å². The smallest absolute Gasteiger partial charge is 0.254 e. The van der Waals surface area contributed by atoms with E-state index in [0.717, 1.165) is 18.4 Å². The molecule has 1 aromatic carbocycles. The number of carbonyl (C=O) groups excluding carboxylic acids is 1. The molecule has 0 bridgehead atoms. The zero-order valence-electron chi connectivity index (χ0n) is 16.5. The van der Waals surface area contributed by atoms with Crippen LogP contribution in [0.3, 0.4) is 0 Å². The van der Waals surface area contributed by atoms with Crippen molar-refractivity contribution in [2.45, 2.75) is 36.8 Å². The molecule has 1 N–H and O–H groups in total. The number of hydrogen-bond donors (Lipinski definition) is 1. The zero-order valence-corrected chi connectivity index (χ0v) is 17.3. The number of nitriles is 1. The average Bonchev–Trinajstić information content (AvgIpc) is 3.27. The second-order valence-electron chi connectivity index (χ2n) is 7.01. The zero-order chi connectivity index (χ0) is 21.4. The number of pyridine rings is 1. The third-order valence-corrected chi connectivity index (χ3v) is 6.25. The van der Waals surface area contributed by atoms with Crippen LogP contribution in [0.4, 0.5) is 0 Å². The van der Waals surface area contributed by atoms with Gasteiger partial charge >= 0.3 is 0 Å². The minimum atomic E-state index is -3.72. The van der Waals surface area contributed by atoms with E-state index in [1.54, 1.807) is 17.3 Å². The van der Waals surface area contributed by atoms with Crippen molar-refractivity contribution in [1.29, 1.82) is 5.26 Å². The largest absolute Gasteiger partial charge is 0.376 e. The molecule has 0 saturated carbocycles. The van der Waals surface area contributed by atoms with Gasteiger partial charge in [0.25, 0.3) is 5.91 Å². The summed E-state index contributed by atoms with van der Waals surface area (Å²) in [6.45, 7) is 1.59. The van der Waals surface area contributed by atoms with Gasteiger partial charge < -0.3 is 9.64 Å². The molecule has 1 unspecified atom stereocenters. The summed E-state index contributed by atoms with van der Waals surface area (Å²) in [6.07, 6.45) is 5.36. The maximum atomic E-state index is 13.2. The van der Waals surface area contributed by atoms with E-state index in [9.17, 15) is 13.2 Å². The number of hydrogen-bond acceptors (Lipinski definition) is 6. The molecule has 1 aliphatic rings. The number of sulfonamides is 1. The number of amides is 1. The van der Waals surface area contributed by atoms with Crippen LogP contribution < -0.4 is 4.72 Å². The lowest BCUT2D eigenvalue weighted by atomic mass is 10.1. The van der Waals surface area contributed by atoms with Crippen LogP contribution in [-0.4, -0.2) is 50.0 Å². The van der Waals surface area contributed by atoms with E-state index < -0.39 is 10.0 Å². The highest BCUT2D eigenvalue weighted by molar-refractivity contribution is 7.89. The van der Waals surface area contributed by atoms with E-state index >= 15 is 0 Å². The molecule has 1 saturated heterocycles. The molecule has 1 fully saturated rings. The van der Waals surface area contributed by atoms with E-state index in [-0.39, 0.29) is 29.9 Å². The van der Waals surface area contributed by atoms with E-state index in [4.69, 9.17) is 10.00 Å². The van der Waals surface area contributed by atoms with Gasteiger partial charge in [0.2, 0.25) is 10.0 Å². The van der Waals surface area contributed by atoms with Gasteiger partial charge in [-0.15, -0.1) is 0 Å². The Hall–Kier alpha value is -2.80. The van der Waals surface area contributed by atoms with Crippen molar-refractivity contribution in [3.05, 3.63) is 59.9 Å². The van der Waals surface area contributed by atoms with Crippen molar-refractivity contribution in [2.24, 2.45) is 0 Å². The third kappa shape index (κ3) is 5.86. The van der Waals surface area contributed by atoms with Gasteiger partial charge in [0.05, 0.1) is 17.1 Å². The summed E-state index contributed by atoms with van der Waals surface area (Å²) in [5.74, 6) is -0.198. The molecule has 0 aliphatic carbocycles. The Morgan fingerprint density at radius 1 is 1.30 bits per heavy atom. The molecule has 3 rings (SSSR count). The predicted octanol–water partition coefficient (Wildman–Crippen LogP) is 2.09. The lowest BCUT2D eigenvalue weighted by Gasteiger charge is -2.25. The fourth-order valence-corrected chi connectivity index (χ4v) is 4.28. The van der Waals surface area contributed by atoms with Crippen LogP contribution in [0.2, 0.25) is 0 Å². The van der Waals surface area contributed by atoms with Gasteiger partial charge in [0.15, 0.2) is 0 Å². The second-order valence-corrected chi connectivity index (χ2v) is 8.78. The molecule has 2 heterocycles. The van der Waals surface area contributed by atoms with Gasteiger partial charge in [-0.2, -0.15) is 5.26 Å². The monoisotopic (exact) mass is 428 g/mol. The van der Waals surface area contributed by atoms with Crippen LogP contribution in [0, 0.1) is 11.3 Å². The molecular formula is C21H24N4O4S. The van der Waals surface area contributed by atoms with Crippen LogP contribution in [0.15, 0.2) is 53.7 Å². The molecule has 1 atom stereocenters. The number of nitrogens with zero attached hydrogens (tertiary/aromatic N) is 3. The minimum absolute atomic E-state index is 0.00499. The highest BCUT2D eigenvalue weighted by Crippen LogP contribution is 2.18. The van der Waals surface area contributed by atoms with Gasteiger partial charge in [0, 0.05) is 50.6 Å². The van der Waals surface area contributed by atoms with Crippen molar-refractivity contribution >= 4 is 15.9 Å². The van der Waals surface area contributed by atoms with Crippen LogP contribution in [0.1, 0.15) is 35.2 Å². The Morgan fingerprint density at radius 2 is 2.10 bits per heavy atom. The SMILES string of the molecule is N#CCCNS(=O)(=O)c1ccc(C(=O)N(Cc2cccnc2)CC2CCCO2)cc1. The standard InChI is InChI=1S/C21H24N4O4S/c22-10-3-12-24-30(27,28)20-8-6-18(7-9-20)21(26)25(16-19-5-2-13-29-19)15-17-4-1-11-23-14-17/h1,4,6-9,11,14,19,24H,2-3,5,12-13,15-16H2. The van der Waals surface area contributed by atoms with Gasteiger partial charge in [-0.05, 0) is 48.7 Å². The lowest BCUT2D eigenvalue weighted by molar-refractivity contribution is 0.0507. The highest BCUT2D eigenvalue weighted by Gasteiger charge is 2.24. The quantitative estimate of drug-likeness (QED) is 0.612. The van der Waals surface area contributed by atoms with E-state index in [0.29, 0.717) is 25.3 Å². The highest BCUT2D eigenvalue weighted by atomic mass is 32.2. The molecule has 1 aliphatic heterocycles. The van der Waals surface area contributed by atoms with E-state index in [1.807, 2.05) is 18.2 Å². The topological polar surface area (TPSA) is 112 Å². The summed E-state index contributed by atoms with van der Waals surface area (Å²) in [5, 5.41) is 8.55.